The number of pyridine rings is 2. The molecule has 0 N–H and O–H groups in total. The van der Waals surface area contributed by atoms with Crippen molar-refractivity contribution in [2.45, 2.75) is 52.4 Å². The smallest absolute Gasteiger partial charge is 0.137 e. The second-order valence-electron chi connectivity index (χ2n) is 17.9. The molecule has 13 rings (SSSR count). The topological polar surface area (TPSA) is 79.9 Å². The summed E-state index contributed by atoms with van der Waals surface area (Å²) in [5.74, 6) is 5.09. The molecular weight excluding hydrogens is 813 g/mol. The van der Waals surface area contributed by atoms with Crippen LogP contribution in [-0.2, 0) is 25.7 Å². The van der Waals surface area contributed by atoms with Gasteiger partial charge < -0.3 is 9.47 Å². The Morgan fingerprint density at radius 1 is 0.424 bits per heavy atom. The lowest BCUT2D eigenvalue weighted by Crippen LogP contribution is -1.98. The first-order chi connectivity index (χ1) is 32.5. The maximum atomic E-state index is 6.87. The summed E-state index contributed by atoms with van der Waals surface area (Å²) >= 11 is 0. The number of hydrogen-bond donors (Lipinski definition) is 0. The van der Waals surface area contributed by atoms with E-state index in [0.29, 0.717) is 0 Å². The first-order valence-electron chi connectivity index (χ1n) is 22.9. The lowest BCUT2D eigenvalue weighted by Gasteiger charge is -2.15. The summed E-state index contributed by atoms with van der Waals surface area (Å²) in [4.78, 5) is 19.6. The second kappa shape index (κ2) is 15.3. The summed E-state index contributed by atoms with van der Waals surface area (Å²) in [6.07, 6.45) is 13.7. The molecule has 0 amide bonds. The second-order valence-corrected chi connectivity index (χ2v) is 17.9. The lowest BCUT2D eigenvalue weighted by atomic mass is 10.0. The average molecular weight is 857 g/mol. The number of nitrogens with zero attached hydrogens (tertiary/aromatic N) is 6. The summed E-state index contributed by atoms with van der Waals surface area (Å²) < 4.78 is 18.2. The molecule has 5 heterocycles. The maximum absolute atomic E-state index is 6.87. The van der Waals surface area contributed by atoms with Crippen LogP contribution in [0.25, 0.3) is 77.8 Å². The fourth-order valence-electron chi connectivity index (χ4n) is 10.5. The number of ether oxygens (including phenoxy) is 2. The molecule has 2 aliphatic rings. The minimum atomic E-state index is 0.784. The van der Waals surface area contributed by atoms with Gasteiger partial charge in [-0.15, -0.1) is 0 Å². The SMILES string of the molecule is Cc1ccnc(-n2c3ccccc3c3ccc(Oc4cc(-c5cnc(-c6cc7c(c(Oc8ccc9c%10ccccc%10n(-c%10cc(C)ccn%10)c9c8)c6)CCC7)cn5)cc5c4CCC5)cc32)c1. The van der Waals surface area contributed by atoms with Crippen LogP contribution < -0.4 is 9.47 Å². The van der Waals surface area contributed by atoms with Crippen LogP contribution in [0.15, 0.2) is 158 Å². The van der Waals surface area contributed by atoms with Gasteiger partial charge in [-0.1, -0.05) is 36.4 Å². The number of benzene rings is 6. The van der Waals surface area contributed by atoms with Gasteiger partial charge >= 0.3 is 0 Å². The average Bonchev–Trinajstić information content (AvgIpc) is 4.15. The van der Waals surface area contributed by atoms with Crippen molar-refractivity contribution in [3.63, 3.8) is 0 Å². The van der Waals surface area contributed by atoms with E-state index in [4.69, 9.17) is 29.4 Å². The van der Waals surface area contributed by atoms with Crippen LogP contribution in [0.5, 0.6) is 23.0 Å². The van der Waals surface area contributed by atoms with Gasteiger partial charge in [-0.2, -0.15) is 0 Å². The molecule has 0 bridgehead atoms. The van der Waals surface area contributed by atoms with E-state index in [1.807, 2.05) is 36.9 Å². The molecule has 0 unspecified atom stereocenters. The van der Waals surface area contributed by atoms with Gasteiger partial charge in [0.2, 0.25) is 0 Å². The molecule has 318 valence electrons. The highest BCUT2D eigenvalue weighted by atomic mass is 16.5. The van der Waals surface area contributed by atoms with Crippen LogP contribution >= 0.6 is 0 Å². The molecule has 2 aliphatic carbocycles. The van der Waals surface area contributed by atoms with Crippen LogP contribution in [0.2, 0.25) is 0 Å². The number of rotatable bonds is 8. The molecule has 6 aromatic carbocycles. The maximum Gasteiger partial charge on any atom is 0.137 e. The Bertz CT molecular complexity index is 3510. The van der Waals surface area contributed by atoms with E-state index in [2.05, 4.69) is 144 Å². The molecule has 8 nitrogen and oxygen atoms in total. The van der Waals surface area contributed by atoms with Gasteiger partial charge in [0.15, 0.2) is 0 Å². The standard InChI is InChI=1S/C58H44N6O2/c1-35-21-23-59-57(25-35)63-51-15-5-3-11-45(51)47-19-17-41(31-53(47)63)65-55-29-39(27-37-9-7-13-43(37)55)49-33-62-50(34-61-49)40-28-38-10-8-14-44(38)56(30-40)66-42-18-20-48-46-12-4-6-16-52(46)64(54(48)32-42)58-26-36(2)22-24-60-58/h3-6,11-12,15-34H,7-10,13-14H2,1-2H3. The first-order valence-corrected chi connectivity index (χ1v) is 22.9. The van der Waals surface area contributed by atoms with E-state index in [-0.39, 0.29) is 0 Å². The van der Waals surface area contributed by atoms with Gasteiger partial charge in [0.25, 0.3) is 0 Å². The fourth-order valence-corrected chi connectivity index (χ4v) is 10.5. The molecule has 0 aliphatic heterocycles. The summed E-state index contributed by atoms with van der Waals surface area (Å²) in [6, 6.07) is 47.0. The highest BCUT2D eigenvalue weighted by Gasteiger charge is 2.23. The molecule has 0 fully saturated rings. The summed E-state index contributed by atoms with van der Waals surface area (Å²) in [5.41, 5.74) is 15.4. The molecule has 66 heavy (non-hydrogen) atoms. The molecule has 0 saturated carbocycles. The van der Waals surface area contributed by atoms with Crippen LogP contribution in [0.1, 0.15) is 46.2 Å². The number of fused-ring (bicyclic) bond motifs is 8. The van der Waals surface area contributed by atoms with Crippen molar-refractivity contribution in [2.24, 2.45) is 0 Å². The molecule has 5 aromatic heterocycles. The minimum Gasteiger partial charge on any atom is -0.457 e. The van der Waals surface area contributed by atoms with Crippen LogP contribution in [0.4, 0.5) is 0 Å². The number of aryl methyl sites for hydroxylation is 4. The largest absolute Gasteiger partial charge is 0.457 e. The Balaban J connectivity index is 0.827. The molecule has 11 aromatic rings. The van der Waals surface area contributed by atoms with E-state index >= 15 is 0 Å². The Hall–Kier alpha value is -8.10. The van der Waals surface area contributed by atoms with E-state index < -0.39 is 0 Å². The predicted octanol–water partition coefficient (Wildman–Crippen LogP) is 14.0. The highest BCUT2D eigenvalue weighted by molar-refractivity contribution is 6.10. The van der Waals surface area contributed by atoms with E-state index in [0.717, 1.165) is 140 Å². The Kier molecular flexibility index (Phi) is 8.88. The third-order valence-corrected chi connectivity index (χ3v) is 13.6. The van der Waals surface area contributed by atoms with Crippen LogP contribution in [0.3, 0.4) is 0 Å². The Morgan fingerprint density at radius 2 is 0.879 bits per heavy atom. The van der Waals surface area contributed by atoms with Crippen molar-refractivity contribution in [2.75, 3.05) is 0 Å². The van der Waals surface area contributed by atoms with Crippen LogP contribution in [-0.4, -0.2) is 29.1 Å². The quantitative estimate of drug-likeness (QED) is 0.151. The summed E-state index contributed by atoms with van der Waals surface area (Å²) in [6.45, 7) is 4.21. The van der Waals surface area contributed by atoms with Gasteiger partial charge in [-0.3, -0.25) is 19.1 Å². The van der Waals surface area contributed by atoms with Crippen molar-refractivity contribution in [3.8, 4) is 57.1 Å². The van der Waals surface area contributed by atoms with Gasteiger partial charge in [-0.25, -0.2) is 9.97 Å². The molecule has 8 heteroatoms. The fraction of sp³-hybridized carbons (Fsp3) is 0.138. The Labute approximate surface area is 381 Å². The van der Waals surface area contributed by atoms with Gasteiger partial charge in [0.05, 0.1) is 45.8 Å². The third-order valence-electron chi connectivity index (χ3n) is 13.6. The van der Waals surface area contributed by atoms with Gasteiger partial charge in [0, 0.05) is 57.2 Å². The van der Waals surface area contributed by atoms with Crippen molar-refractivity contribution in [1.82, 2.24) is 29.1 Å². The molecule has 0 saturated heterocycles. The lowest BCUT2D eigenvalue weighted by molar-refractivity contribution is 0.477. The summed E-state index contributed by atoms with van der Waals surface area (Å²) in [7, 11) is 0. The zero-order valence-corrected chi connectivity index (χ0v) is 36.8. The van der Waals surface area contributed by atoms with Crippen molar-refractivity contribution >= 4 is 43.6 Å². The zero-order valence-electron chi connectivity index (χ0n) is 36.8. The third kappa shape index (κ3) is 6.43. The number of aromatic nitrogens is 6. The van der Waals surface area contributed by atoms with Crippen molar-refractivity contribution < 1.29 is 9.47 Å². The number of para-hydroxylation sites is 2. The van der Waals surface area contributed by atoms with Gasteiger partial charge in [0.1, 0.15) is 34.6 Å². The van der Waals surface area contributed by atoms with E-state index in [1.165, 1.54) is 33.0 Å². The highest BCUT2D eigenvalue weighted by Crippen LogP contribution is 2.42. The summed E-state index contributed by atoms with van der Waals surface area (Å²) in [5, 5.41) is 4.70. The molecular formula is C58H44N6O2. The number of hydrogen-bond acceptors (Lipinski definition) is 6. The zero-order chi connectivity index (χ0) is 43.9. The van der Waals surface area contributed by atoms with Crippen LogP contribution in [0, 0.1) is 13.8 Å². The molecule has 0 atom stereocenters. The predicted molar refractivity (Wildman–Crippen MR) is 264 cm³/mol. The van der Waals surface area contributed by atoms with Crippen molar-refractivity contribution in [1.29, 1.82) is 0 Å². The van der Waals surface area contributed by atoms with Crippen molar-refractivity contribution in [3.05, 3.63) is 192 Å². The monoisotopic (exact) mass is 856 g/mol. The minimum absolute atomic E-state index is 0.784. The molecule has 0 radical (unpaired) electrons. The molecule has 0 spiro atoms. The first kappa shape index (κ1) is 38.4. The van der Waals surface area contributed by atoms with E-state index in [9.17, 15) is 0 Å². The Morgan fingerprint density at radius 3 is 1.33 bits per heavy atom. The van der Waals surface area contributed by atoms with Gasteiger partial charge in [-0.05, 0) is 171 Å². The van der Waals surface area contributed by atoms with E-state index in [1.54, 1.807) is 0 Å². The normalized spacial score (nSPS) is 13.2.